The summed E-state index contributed by atoms with van der Waals surface area (Å²) in [4.78, 5) is 3.51. The Morgan fingerprint density at radius 3 is 2.36 bits per heavy atom. The molecule has 0 radical (unpaired) electrons. The van der Waals surface area contributed by atoms with Crippen molar-refractivity contribution in [3.8, 4) is 5.75 Å². The monoisotopic (exact) mass is 219 g/mol. The van der Waals surface area contributed by atoms with Gasteiger partial charge >= 0.3 is 0 Å². The van der Waals surface area contributed by atoms with Gasteiger partial charge in [-0.3, -0.25) is 0 Å². The molecule has 0 aliphatic carbocycles. The molecule has 0 atom stereocenters. The first-order valence-electron chi connectivity index (χ1n) is 3.80. The van der Waals surface area contributed by atoms with Crippen LogP contribution in [0.3, 0.4) is 0 Å². The topological polar surface area (TPSA) is 21.6 Å². The van der Waals surface area contributed by atoms with Crippen LogP contribution in [0.2, 0.25) is 0 Å². The Morgan fingerprint density at radius 1 is 1.36 bits per heavy atom. The quantitative estimate of drug-likeness (QED) is 0.716. The molecule has 0 spiro atoms. The fourth-order valence-electron chi connectivity index (χ4n) is 0.829. The second-order valence-electron chi connectivity index (χ2n) is 2.43. The van der Waals surface area contributed by atoms with Gasteiger partial charge in [-0.2, -0.15) is 0 Å². The molecule has 0 bridgehead atoms. The molecule has 0 saturated heterocycles. The van der Waals surface area contributed by atoms with Crippen LogP contribution in [0.25, 0.3) is 0 Å². The highest BCUT2D eigenvalue weighted by Gasteiger charge is 2.09. The molecular weight excluding hydrogens is 212 g/mol. The highest BCUT2D eigenvalue weighted by molar-refractivity contribution is 6.66. The van der Waals surface area contributed by atoms with E-state index in [4.69, 9.17) is 16.3 Å². The molecule has 14 heavy (non-hydrogen) atoms. The summed E-state index contributed by atoms with van der Waals surface area (Å²) in [6.45, 7) is 0. The highest BCUT2D eigenvalue weighted by Crippen LogP contribution is 2.19. The van der Waals surface area contributed by atoms with Crippen LogP contribution < -0.4 is 4.74 Å². The fourth-order valence-corrected chi connectivity index (χ4v) is 0.926. The predicted molar refractivity (Wildman–Crippen MR) is 51.9 cm³/mol. The highest BCUT2D eigenvalue weighted by atomic mass is 35.5. The van der Waals surface area contributed by atoms with Crippen molar-refractivity contribution in [1.29, 1.82) is 0 Å². The van der Waals surface area contributed by atoms with Crippen LogP contribution in [-0.2, 0) is 0 Å². The van der Waals surface area contributed by atoms with Crippen molar-refractivity contribution in [3.05, 3.63) is 24.3 Å². The number of methoxy groups -OCH3 is 1. The normalized spacial score (nSPS) is 11.9. The molecule has 76 valence electrons. The molecule has 0 saturated carbocycles. The minimum atomic E-state index is -2.74. The minimum Gasteiger partial charge on any atom is -0.497 e. The summed E-state index contributed by atoms with van der Waals surface area (Å²) >= 11 is 5.19. The van der Waals surface area contributed by atoms with Gasteiger partial charge in [-0.25, -0.2) is 13.8 Å². The lowest BCUT2D eigenvalue weighted by molar-refractivity contribution is 0.229. The van der Waals surface area contributed by atoms with E-state index >= 15 is 0 Å². The Morgan fingerprint density at radius 2 is 1.93 bits per heavy atom. The van der Waals surface area contributed by atoms with E-state index in [1.807, 2.05) is 0 Å². The first-order chi connectivity index (χ1) is 6.63. The van der Waals surface area contributed by atoms with Crippen molar-refractivity contribution in [3.63, 3.8) is 0 Å². The van der Waals surface area contributed by atoms with Crippen molar-refractivity contribution in [1.82, 2.24) is 0 Å². The van der Waals surface area contributed by atoms with E-state index in [1.54, 1.807) is 24.3 Å². The van der Waals surface area contributed by atoms with Crippen LogP contribution in [-0.4, -0.2) is 18.7 Å². The van der Waals surface area contributed by atoms with Gasteiger partial charge in [0, 0.05) is 0 Å². The van der Waals surface area contributed by atoms with E-state index in [1.165, 1.54) is 7.11 Å². The van der Waals surface area contributed by atoms with E-state index in [0.29, 0.717) is 11.4 Å². The summed E-state index contributed by atoms with van der Waals surface area (Å²) in [5.74, 6) is 0.636. The standard InChI is InChI=1S/C9H8ClF2NO/c1-14-7-4-2-6(3-5-7)13-8(10)9(11)12/h2-5,9H,1H3. The largest absolute Gasteiger partial charge is 0.497 e. The third kappa shape index (κ3) is 2.96. The summed E-state index contributed by atoms with van der Waals surface area (Å²) in [6.07, 6.45) is -2.74. The summed E-state index contributed by atoms with van der Waals surface area (Å²) in [7, 11) is 1.52. The smallest absolute Gasteiger partial charge is 0.290 e. The van der Waals surface area contributed by atoms with Gasteiger partial charge in [0.05, 0.1) is 12.8 Å². The summed E-state index contributed by atoms with van der Waals surface area (Å²) in [5, 5.41) is -0.713. The molecule has 0 N–H and O–H groups in total. The van der Waals surface area contributed by atoms with Gasteiger partial charge < -0.3 is 4.74 Å². The number of rotatable bonds is 3. The van der Waals surface area contributed by atoms with Crippen LogP contribution in [0, 0.1) is 0 Å². The Kier molecular flexibility index (Phi) is 3.83. The second-order valence-corrected chi connectivity index (χ2v) is 2.82. The zero-order valence-corrected chi connectivity index (χ0v) is 8.13. The van der Waals surface area contributed by atoms with Crippen molar-refractivity contribution in [2.45, 2.75) is 6.43 Å². The van der Waals surface area contributed by atoms with Crippen molar-refractivity contribution in [2.24, 2.45) is 4.99 Å². The maximum absolute atomic E-state index is 12.0. The number of aliphatic imine (C=N–C) groups is 1. The molecule has 1 rings (SSSR count). The van der Waals surface area contributed by atoms with Crippen molar-refractivity contribution >= 4 is 22.5 Å². The second kappa shape index (κ2) is 4.91. The first-order valence-corrected chi connectivity index (χ1v) is 4.17. The Balaban J connectivity index is 2.83. The third-order valence-corrected chi connectivity index (χ3v) is 1.74. The molecule has 0 heterocycles. The third-order valence-electron chi connectivity index (χ3n) is 1.49. The van der Waals surface area contributed by atoms with E-state index < -0.39 is 11.6 Å². The van der Waals surface area contributed by atoms with Gasteiger partial charge in [0.25, 0.3) is 6.43 Å². The van der Waals surface area contributed by atoms with Crippen LogP contribution >= 0.6 is 11.6 Å². The minimum absolute atomic E-state index is 0.371. The number of nitrogens with zero attached hydrogens (tertiary/aromatic N) is 1. The molecule has 2 nitrogen and oxygen atoms in total. The fraction of sp³-hybridized carbons (Fsp3) is 0.222. The first kappa shape index (κ1) is 10.9. The Labute approximate surface area is 85.2 Å². The summed E-state index contributed by atoms with van der Waals surface area (Å²) in [5.41, 5.74) is 0.371. The Bertz CT molecular complexity index is 324. The zero-order valence-electron chi connectivity index (χ0n) is 7.38. The lowest BCUT2D eigenvalue weighted by Crippen LogP contribution is -2.00. The number of ether oxygens (including phenoxy) is 1. The number of benzene rings is 1. The summed E-state index contributed by atoms with van der Waals surface area (Å²) in [6, 6.07) is 6.33. The lowest BCUT2D eigenvalue weighted by atomic mass is 10.3. The Hall–Kier alpha value is -1.16. The molecule has 0 aliphatic rings. The van der Waals surface area contributed by atoms with E-state index in [-0.39, 0.29) is 0 Å². The molecule has 1 aromatic carbocycles. The maximum atomic E-state index is 12.0. The molecule has 5 heteroatoms. The lowest BCUT2D eigenvalue weighted by Gasteiger charge is -1.99. The van der Waals surface area contributed by atoms with E-state index in [0.717, 1.165) is 0 Å². The van der Waals surface area contributed by atoms with Crippen molar-refractivity contribution in [2.75, 3.05) is 7.11 Å². The average molecular weight is 220 g/mol. The van der Waals surface area contributed by atoms with Gasteiger partial charge in [0.1, 0.15) is 5.75 Å². The van der Waals surface area contributed by atoms with Crippen LogP contribution in [0.1, 0.15) is 0 Å². The number of hydrogen-bond acceptors (Lipinski definition) is 2. The number of hydrogen-bond donors (Lipinski definition) is 0. The number of alkyl halides is 2. The predicted octanol–water partition coefficient (Wildman–Crippen LogP) is 3.23. The van der Waals surface area contributed by atoms with Gasteiger partial charge in [-0.1, -0.05) is 11.6 Å². The maximum Gasteiger partial charge on any atom is 0.290 e. The van der Waals surface area contributed by atoms with Crippen molar-refractivity contribution < 1.29 is 13.5 Å². The van der Waals surface area contributed by atoms with Gasteiger partial charge in [0.15, 0.2) is 5.17 Å². The van der Waals surface area contributed by atoms with Crippen LogP contribution in [0.15, 0.2) is 29.3 Å². The van der Waals surface area contributed by atoms with Crippen LogP contribution in [0.4, 0.5) is 14.5 Å². The molecular formula is C9H8ClF2NO. The molecule has 1 aromatic rings. The molecule has 0 aliphatic heterocycles. The molecule has 0 fully saturated rings. The van der Waals surface area contributed by atoms with Gasteiger partial charge in [-0.05, 0) is 24.3 Å². The van der Waals surface area contributed by atoms with Gasteiger partial charge in [-0.15, -0.1) is 0 Å². The summed E-state index contributed by atoms with van der Waals surface area (Å²) < 4.78 is 28.8. The molecule has 0 unspecified atom stereocenters. The average Bonchev–Trinajstić information content (AvgIpc) is 2.19. The van der Waals surface area contributed by atoms with Crippen LogP contribution in [0.5, 0.6) is 5.75 Å². The SMILES string of the molecule is COc1ccc(N=C(Cl)C(F)F)cc1. The number of halogens is 3. The molecule has 0 aromatic heterocycles. The zero-order chi connectivity index (χ0) is 10.6. The molecule has 0 amide bonds. The van der Waals surface area contributed by atoms with Gasteiger partial charge in [0.2, 0.25) is 0 Å². The van der Waals surface area contributed by atoms with E-state index in [2.05, 4.69) is 4.99 Å². The van der Waals surface area contributed by atoms with E-state index in [9.17, 15) is 8.78 Å².